The van der Waals surface area contributed by atoms with Crippen molar-refractivity contribution in [3.05, 3.63) is 0 Å². The maximum Gasteiger partial charge on any atom is 0.249 e. The van der Waals surface area contributed by atoms with E-state index in [1.54, 1.807) is 0 Å². The van der Waals surface area contributed by atoms with Crippen molar-refractivity contribution in [2.45, 2.75) is 77.0 Å². The number of carbonyl (C=O) groups excluding carboxylic acids is 2. The van der Waals surface area contributed by atoms with E-state index in [1.165, 1.54) is 30.6 Å². The van der Waals surface area contributed by atoms with Crippen LogP contribution in [-0.2, 0) is 9.59 Å². The molecule has 0 saturated carbocycles. The van der Waals surface area contributed by atoms with Gasteiger partial charge in [-0.15, -0.1) is 0 Å². The number of carbonyl (C=O) groups is 2. The smallest absolute Gasteiger partial charge is 0.249 e. The first-order chi connectivity index (χ1) is 10.2. The average Bonchev–Trinajstić information content (AvgIpc) is 2.49. The highest BCUT2D eigenvalue weighted by atomic mass is 16.2. The standard InChI is InChI=1S/C17H26N2O2/c18-14-17-11-8-6-4-2-1-3-5-7-10-15(20)19(16(17)21)13-9-12-17/h1-13H2. The first-order valence-corrected chi connectivity index (χ1v) is 8.46. The summed E-state index contributed by atoms with van der Waals surface area (Å²) >= 11 is 0. The summed E-state index contributed by atoms with van der Waals surface area (Å²) in [7, 11) is 0. The number of imide groups is 1. The van der Waals surface area contributed by atoms with Crippen LogP contribution in [0.2, 0.25) is 0 Å². The highest BCUT2D eigenvalue weighted by Crippen LogP contribution is 2.36. The molecule has 2 rings (SSSR count). The van der Waals surface area contributed by atoms with Gasteiger partial charge >= 0.3 is 0 Å². The number of nitriles is 1. The molecular formula is C17H26N2O2. The fourth-order valence-electron chi connectivity index (χ4n) is 3.53. The Hall–Kier alpha value is -1.37. The molecule has 4 nitrogen and oxygen atoms in total. The monoisotopic (exact) mass is 290 g/mol. The van der Waals surface area contributed by atoms with Gasteiger partial charge in [-0.1, -0.05) is 44.9 Å². The zero-order valence-corrected chi connectivity index (χ0v) is 12.9. The van der Waals surface area contributed by atoms with Gasteiger partial charge in [0.1, 0.15) is 5.41 Å². The van der Waals surface area contributed by atoms with Gasteiger partial charge in [0.25, 0.3) is 0 Å². The van der Waals surface area contributed by atoms with Crippen LogP contribution in [0, 0.1) is 16.7 Å². The highest BCUT2D eigenvalue weighted by Gasteiger charge is 2.45. The quantitative estimate of drug-likeness (QED) is 0.641. The van der Waals surface area contributed by atoms with Crippen LogP contribution < -0.4 is 0 Å². The van der Waals surface area contributed by atoms with E-state index >= 15 is 0 Å². The minimum atomic E-state index is -0.933. The van der Waals surface area contributed by atoms with Crippen molar-refractivity contribution in [2.75, 3.05) is 6.54 Å². The molecule has 0 aromatic heterocycles. The largest absolute Gasteiger partial charge is 0.281 e. The molecule has 4 heteroatoms. The second-order valence-electron chi connectivity index (χ2n) is 6.48. The first kappa shape index (κ1) is 16.0. The summed E-state index contributed by atoms with van der Waals surface area (Å²) in [5, 5.41) is 9.55. The van der Waals surface area contributed by atoms with Gasteiger partial charge in [-0.25, -0.2) is 0 Å². The van der Waals surface area contributed by atoms with E-state index < -0.39 is 5.41 Å². The summed E-state index contributed by atoms with van der Waals surface area (Å²) in [4.78, 5) is 26.3. The normalized spacial score (nSPS) is 29.6. The van der Waals surface area contributed by atoms with Crippen molar-refractivity contribution in [3.63, 3.8) is 0 Å². The van der Waals surface area contributed by atoms with Crippen LogP contribution in [0.25, 0.3) is 0 Å². The molecule has 0 aliphatic carbocycles. The molecule has 2 bridgehead atoms. The Bertz CT molecular complexity index is 427. The maximum atomic E-state index is 12.6. The second kappa shape index (κ2) is 7.59. The van der Waals surface area contributed by atoms with Gasteiger partial charge in [-0.05, 0) is 25.7 Å². The molecule has 0 aromatic rings. The summed E-state index contributed by atoms with van der Waals surface area (Å²) in [5.74, 6) is -0.297. The number of amides is 2. The number of piperidine rings is 1. The van der Waals surface area contributed by atoms with Gasteiger partial charge < -0.3 is 0 Å². The number of nitrogens with zero attached hydrogens (tertiary/aromatic N) is 2. The van der Waals surface area contributed by atoms with E-state index in [-0.39, 0.29) is 11.8 Å². The Morgan fingerprint density at radius 1 is 0.857 bits per heavy atom. The van der Waals surface area contributed by atoms with Crippen LogP contribution in [0.15, 0.2) is 0 Å². The van der Waals surface area contributed by atoms with Crippen molar-refractivity contribution in [2.24, 2.45) is 5.41 Å². The van der Waals surface area contributed by atoms with E-state index in [9.17, 15) is 14.9 Å². The van der Waals surface area contributed by atoms with E-state index in [4.69, 9.17) is 0 Å². The lowest BCUT2D eigenvalue weighted by Crippen LogP contribution is -2.50. The fourth-order valence-corrected chi connectivity index (χ4v) is 3.53. The number of hydrogen-bond acceptors (Lipinski definition) is 3. The minimum Gasteiger partial charge on any atom is -0.281 e. The molecule has 0 spiro atoms. The van der Waals surface area contributed by atoms with Crippen LogP contribution in [0.1, 0.15) is 77.0 Å². The minimum absolute atomic E-state index is 0.0728. The Balaban J connectivity index is 2.11. The first-order valence-electron chi connectivity index (χ1n) is 8.46. The van der Waals surface area contributed by atoms with Crippen LogP contribution in [0.3, 0.4) is 0 Å². The molecule has 2 aliphatic heterocycles. The predicted molar refractivity (Wildman–Crippen MR) is 80.2 cm³/mol. The highest BCUT2D eigenvalue weighted by molar-refractivity contribution is 6.00. The number of rotatable bonds is 0. The lowest BCUT2D eigenvalue weighted by molar-refractivity contribution is -0.153. The average molecular weight is 290 g/mol. The lowest BCUT2D eigenvalue weighted by atomic mass is 9.76. The summed E-state index contributed by atoms with van der Waals surface area (Å²) in [6.07, 6.45) is 11.2. The van der Waals surface area contributed by atoms with Crippen molar-refractivity contribution in [1.29, 1.82) is 5.26 Å². The molecule has 2 aliphatic rings. The molecule has 21 heavy (non-hydrogen) atoms. The van der Waals surface area contributed by atoms with Gasteiger partial charge in [-0.2, -0.15) is 5.26 Å². The van der Waals surface area contributed by atoms with Crippen molar-refractivity contribution in [3.8, 4) is 6.07 Å². The summed E-state index contributed by atoms with van der Waals surface area (Å²) in [6, 6.07) is 2.26. The molecule has 0 radical (unpaired) electrons. The molecule has 0 aromatic carbocycles. The van der Waals surface area contributed by atoms with E-state index in [0.717, 1.165) is 32.1 Å². The van der Waals surface area contributed by atoms with Crippen LogP contribution in [-0.4, -0.2) is 23.3 Å². The molecule has 0 N–H and O–H groups in total. The van der Waals surface area contributed by atoms with E-state index in [1.807, 2.05) is 0 Å². The van der Waals surface area contributed by atoms with Gasteiger partial charge in [0.15, 0.2) is 0 Å². The summed E-state index contributed by atoms with van der Waals surface area (Å²) in [5.41, 5.74) is -0.933. The number of hydrogen-bond donors (Lipinski definition) is 0. The lowest BCUT2D eigenvalue weighted by Gasteiger charge is -2.36. The third-order valence-electron chi connectivity index (χ3n) is 4.90. The van der Waals surface area contributed by atoms with Gasteiger partial charge in [-0.3, -0.25) is 14.5 Å². The molecular weight excluding hydrogens is 264 g/mol. The van der Waals surface area contributed by atoms with Crippen molar-refractivity contribution >= 4 is 11.8 Å². The number of fused-ring (bicyclic) bond motifs is 2. The van der Waals surface area contributed by atoms with Crippen LogP contribution in [0.5, 0.6) is 0 Å². The molecule has 2 saturated heterocycles. The van der Waals surface area contributed by atoms with E-state index in [0.29, 0.717) is 25.8 Å². The van der Waals surface area contributed by atoms with Gasteiger partial charge in [0.2, 0.25) is 11.8 Å². The Morgan fingerprint density at radius 3 is 2.10 bits per heavy atom. The molecule has 2 amide bonds. The van der Waals surface area contributed by atoms with E-state index in [2.05, 4.69) is 6.07 Å². The third-order valence-corrected chi connectivity index (χ3v) is 4.90. The maximum absolute atomic E-state index is 12.6. The van der Waals surface area contributed by atoms with Crippen molar-refractivity contribution < 1.29 is 9.59 Å². The topological polar surface area (TPSA) is 61.2 Å². The SMILES string of the molecule is N#CC12CCCCCCCCCCC(=O)N(CCC1)C2=O. The van der Waals surface area contributed by atoms with Gasteiger partial charge in [0, 0.05) is 13.0 Å². The zero-order chi connectivity index (χ0) is 15.1. The Labute approximate surface area is 127 Å². The molecule has 2 heterocycles. The van der Waals surface area contributed by atoms with Crippen molar-refractivity contribution in [1.82, 2.24) is 4.90 Å². The zero-order valence-electron chi connectivity index (χ0n) is 12.9. The summed E-state index contributed by atoms with van der Waals surface area (Å²) < 4.78 is 0. The summed E-state index contributed by atoms with van der Waals surface area (Å²) in [6.45, 7) is 0.501. The van der Waals surface area contributed by atoms with Crippen LogP contribution in [0.4, 0.5) is 0 Å². The Morgan fingerprint density at radius 2 is 1.43 bits per heavy atom. The van der Waals surface area contributed by atoms with Crippen LogP contribution >= 0.6 is 0 Å². The molecule has 1 atom stereocenters. The third kappa shape index (κ3) is 3.84. The predicted octanol–water partition coefficient (Wildman–Crippen LogP) is 3.56. The fraction of sp³-hybridized carbons (Fsp3) is 0.824. The molecule has 2 fully saturated rings. The Kier molecular flexibility index (Phi) is 5.78. The molecule has 116 valence electrons. The van der Waals surface area contributed by atoms with Gasteiger partial charge in [0.05, 0.1) is 6.07 Å². The molecule has 1 unspecified atom stereocenters. The second-order valence-corrected chi connectivity index (χ2v) is 6.48.